The molecule has 2 aliphatic heterocycles. The topological polar surface area (TPSA) is 36.9 Å². The second-order valence-electron chi connectivity index (χ2n) is 9.51. The van der Waals surface area contributed by atoms with Crippen LogP contribution in [0.4, 0.5) is 0 Å². The lowest BCUT2D eigenvalue weighted by atomic mass is 9.79. The average molecular weight is 397 g/mol. The van der Waals surface area contributed by atoms with Gasteiger partial charge < -0.3 is 18.9 Å². The van der Waals surface area contributed by atoms with Gasteiger partial charge in [0.05, 0.1) is 26.4 Å². The van der Waals surface area contributed by atoms with Crippen molar-refractivity contribution in [2.75, 3.05) is 26.4 Å². The summed E-state index contributed by atoms with van der Waals surface area (Å²) in [5, 5.41) is 0. The second-order valence-corrected chi connectivity index (χ2v) is 9.51. The van der Waals surface area contributed by atoms with Gasteiger partial charge in [-0.15, -0.1) is 0 Å². The number of hydrogen-bond acceptors (Lipinski definition) is 4. The van der Waals surface area contributed by atoms with E-state index in [4.69, 9.17) is 18.9 Å². The summed E-state index contributed by atoms with van der Waals surface area (Å²) in [6, 6.07) is 0. The summed E-state index contributed by atoms with van der Waals surface area (Å²) in [6.07, 6.45) is 15.4. The number of unbranched alkanes of at least 4 members (excludes halogenated alkanes) is 2. The fourth-order valence-electron chi connectivity index (χ4n) is 5.13. The van der Waals surface area contributed by atoms with E-state index in [0.29, 0.717) is 17.8 Å². The van der Waals surface area contributed by atoms with Gasteiger partial charge in [0, 0.05) is 17.8 Å². The molecule has 1 saturated carbocycles. The molecule has 3 fully saturated rings. The lowest BCUT2D eigenvalue weighted by Gasteiger charge is -2.38. The van der Waals surface area contributed by atoms with Crippen LogP contribution in [0.25, 0.3) is 0 Å². The smallest absolute Gasteiger partial charge is 0.160 e. The Morgan fingerprint density at radius 2 is 1.21 bits per heavy atom. The zero-order chi connectivity index (χ0) is 19.6. The Labute approximate surface area is 173 Å². The van der Waals surface area contributed by atoms with Crippen molar-refractivity contribution in [2.45, 2.75) is 103 Å². The van der Waals surface area contributed by atoms with E-state index in [9.17, 15) is 0 Å². The van der Waals surface area contributed by atoms with Crippen molar-refractivity contribution in [3.8, 4) is 0 Å². The van der Waals surface area contributed by atoms with Crippen LogP contribution in [0.2, 0.25) is 0 Å². The lowest BCUT2D eigenvalue weighted by molar-refractivity contribution is -0.236. The molecule has 0 spiro atoms. The first-order chi connectivity index (χ1) is 13.8. The molecule has 4 heteroatoms. The van der Waals surface area contributed by atoms with E-state index < -0.39 is 0 Å². The monoisotopic (exact) mass is 396 g/mol. The molecule has 3 rings (SSSR count). The third-order valence-corrected chi connectivity index (χ3v) is 7.03. The van der Waals surface area contributed by atoms with Crippen LogP contribution in [-0.4, -0.2) is 39.0 Å². The molecule has 0 aromatic carbocycles. The molecule has 1 aliphatic carbocycles. The molecule has 28 heavy (non-hydrogen) atoms. The van der Waals surface area contributed by atoms with Gasteiger partial charge in [-0.25, -0.2) is 0 Å². The molecule has 0 aromatic rings. The van der Waals surface area contributed by atoms with Crippen LogP contribution in [0.15, 0.2) is 0 Å². The Morgan fingerprint density at radius 1 is 0.571 bits per heavy atom. The van der Waals surface area contributed by atoms with E-state index >= 15 is 0 Å². The number of hydrogen-bond donors (Lipinski definition) is 0. The van der Waals surface area contributed by atoms with Crippen molar-refractivity contribution >= 4 is 0 Å². The van der Waals surface area contributed by atoms with Crippen molar-refractivity contribution in [2.24, 2.45) is 23.7 Å². The highest BCUT2D eigenvalue weighted by Gasteiger charge is 2.33. The Bertz CT molecular complexity index is 391. The molecule has 0 bridgehead atoms. The van der Waals surface area contributed by atoms with Gasteiger partial charge in [0.2, 0.25) is 0 Å². The van der Waals surface area contributed by atoms with Crippen LogP contribution in [0.5, 0.6) is 0 Å². The Hall–Kier alpha value is -0.160. The molecule has 2 heterocycles. The van der Waals surface area contributed by atoms with E-state index in [1.54, 1.807) is 0 Å². The van der Waals surface area contributed by atoms with Crippen molar-refractivity contribution in [1.29, 1.82) is 0 Å². The maximum Gasteiger partial charge on any atom is 0.160 e. The minimum atomic E-state index is -0.0196. The molecule has 0 amide bonds. The molecule has 0 aromatic heterocycles. The van der Waals surface area contributed by atoms with E-state index in [-0.39, 0.29) is 12.6 Å². The van der Waals surface area contributed by atoms with Crippen LogP contribution in [0.1, 0.15) is 90.9 Å². The van der Waals surface area contributed by atoms with Crippen LogP contribution >= 0.6 is 0 Å². The van der Waals surface area contributed by atoms with Crippen molar-refractivity contribution in [3.63, 3.8) is 0 Å². The van der Waals surface area contributed by atoms with E-state index in [0.717, 1.165) is 45.2 Å². The highest BCUT2D eigenvalue weighted by molar-refractivity contribution is 4.77. The zero-order valence-electron chi connectivity index (χ0n) is 18.4. The normalized spacial score (nSPS) is 37.1. The zero-order valence-corrected chi connectivity index (χ0v) is 18.4. The molecule has 164 valence electrons. The Balaban J connectivity index is 1.25. The second kappa shape index (κ2) is 12.5. The van der Waals surface area contributed by atoms with Gasteiger partial charge in [-0.3, -0.25) is 0 Å². The first kappa shape index (κ1) is 22.5. The maximum atomic E-state index is 6.15. The molecule has 4 nitrogen and oxygen atoms in total. The van der Waals surface area contributed by atoms with Gasteiger partial charge in [0.15, 0.2) is 12.6 Å². The fraction of sp³-hybridized carbons (Fsp3) is 1.00. The average Bonchev–Trinajstić information content (AvgIpc) is 2.75. The Kier molecular flexibility index (Phi) is 10.1. The summed E-state index contributed by atoms with van der Waals surface area (Å²) in [4.78, 5) is 0. The molecule has 3 aliphatic rings. The predicted octanol–water partition coefficient (Wildman–Crippen LogP) is 5.93. The van der Waals surface area contributed by atoms with Crippen LogP contribution in [0, 0.1) is 23.7 Å². The Morgan fingerprint density at radius 3 is 1.86 bits per heavy atom. The minimum absolute atomic E-state index is 0.0196. The first-order valence-corrected chi connectivity index (χ1v) is 12.2. The molecular formula is C24H44O4. The summed E-state index contributed by atoms with van der Waals surface area (Å²) < 4.78 is 24.1. The molecule has 2 saturated heterocycles. The van der Waals surface area contributed by atoms with Crippen LogP contribution in [0.3, 0.4) is 0 Å². The van der Waals surface area contributed by atoms with Crippen molar-refractivity contribution in [1.82, 2.24) is 0 Å². The third-order valence-electron chi connectivity index (χ3n) is 7.03. The van der Waals surface area contributed by atoms with E-state index in [2.05, 4.69) is 13.8 Å². The molecule has 0 unspecified atom stereocenters. The minimum Gasteiger partial charge on any atom is -0.352 e. The van der Waals surface area contributed by atoms with Crippen molar-refractivity contribution in [3.05, 3.63) is 0 Å². The van der Waals surface area contributed by atoms with Gasteiger partial charge in [0.1, 0.15) is 0 Å². The summed E-state index contributed by atoms with van der Waals surface area (Å²) in [7, 11) is 0. The molecule has 0 atom stereocenters. The summed E-state index contributed by atoms with van der Waals surface area (Å²) in [5.41, 5.74) is 0. The summed E-state index contributed by atoms with van der Waals surface area (Å²) in [5.74, 6) is 2.64. The lowest BCUT2D eigenvalue weighted by Crippen LogP contribution is -2.39. The number of rotatable bonds is 10. The third kappa shape index (κ3) is 7.27. The van der Waals surface area contributed by atoms with E-state index in [1.807, 2.05) is 0 Å². The summed E-state index contributed by atoms with van der Waals surface area (Å²) >= 11 is 0. The van der Waals surface area contributed by atoms with Gasteiger partial charge in [-0.2, -0.15) is 0 Å². The highest BCUT2D eigenvalue weighted by Crippen LogP contribution is 2.36. The predicted molar refractivity (Wildman–Crippen MR) is 112 cm³/mol. The van der Waals surface area contributed by atoms with Gasteiger partial charge in [0.25, 0.3) is 0 Å². The SMILES string of the molecule is CCCCCC1CCC(C2OCC(CCC3OCC(CCC)CO3)CO2)CC1. The van der Waals surface area contributed by atoms with E-state index in [1.165, 1.54) is 64.2 Å². The van der Waals surface area contributed by atoms with Crippen LogP contribution < -0.4 is 0 Å². The van der Waals surface area contributed by atoms with Gasteiger partial charge in [-0.05, 0) is 50.9 Å². The summed E-state index contributed by atoms with van der Waals surface area (Å²) in [6.45, 7) is 7.92. The van der Waals surface area contributed by atoms with Gasteiger partial charge >= 0.3 is 0 Å². The largest absolute Gasteiger partial charge is 0.352 e. The maximum absolute atomic E-state index is 6.15. The fourth-order valence-corrected chi connectivity index (χ4v) is 5.13. The van der Waals surface area contributed by atoms with Gasteiger partial charge in [-0.1, -0.05) is 46.0 Å². The quantitative estimate of drug-likeness (QED) is 0.429. The highest BCUT2D eigenvalue weighted by atomic mass is 16.7. The van der Waals surface area contributed by atoms with Crippen molar-refractivity contribution < 1.29 is 18.9 Å². The standard InChI is InChI=1S/C24H44O4/c1-3-5-6-8-19-9-12-22(13-10-19)24-27-17-21(18-28-24)11-14-23-25-15-20(7-4-2)16-26-23/h19-24H,3-18H2,1-2H3. The van der Waals surface area contributed by atoms with Crippen LogP contribution in [-0.2, 0) is 18.9 Å². The number of ether oxygens (including phenoxy) is 4. The molecule has 0 N–H and O–H groups in total. The molecule has 0 radical (unpaired) electrons. The molecular weight excluding hydrogens is 352 g/mol. The first-order valence-electron chi connectivity index (χ1n) is 12.2.